The molecule has 0 radical (unpaired) electrons. The lowest BCUT2D eigenvalue weighted by Gasteiger charge is -1.99. The van der Waals surface area contributed by atoms with Crippen molar-refractivity contribution in [2.24, 2.45) is 5.92 Å². The van der Waals surface area contributed by atoms with Gasteiger partial charge < -0.3 is 5.11 Å². The van der Waals surface area contributed by atoms with E-state index in [0.29, 0.717) is 0 Å². The zero-order chi connectivity index (χ0) is 12.8. The number of hydrogen-bond acceptors (Lipinski definition) is 3. The molecule has 92 valence electrons. The summed E-state index contributed by atoms with van der Waals surface area (Å²) >= 11 is 3.28. The Bertz CT molecular complexity index is 549. The highest BCUT2D eigenvalue weighted by molar-refractivity contribution is 9.10. The van der Waals surface area contributed by atoms with Crippen LogP contribution in [0.4, 0.5) is 0 Å². The van der Waals surface area contributed by atoms with E-state index in [4.69, 9.17) is 5.11 Å². The molecule has 0 aromatic heterocycles. The van der Waals surface area contributed by atoms with E-state index in [0.717, 1.165) is 16.3 Å². The van der Waals surface area contributed by atoms with Crippen molar-refractivity contribution in [2.45, 2.75) is 11.2 Å². The predicted octanol–water partition coefficient (Wildman–Crippen LogP) is 1.66. The minimum atomic E-state index is -3.32. The third-order valence-corrected chi connectivity index (χ3v) is 5.09. The lowest BCUT2D eigenvalue weighted by molar-refractivity contribution is -0.138. The zero-order valence-electron chi connectivity index (χ0n) is 9.00. The smallest absolute Gasteiger partial charge is 0.308 e. The molecular weight excluding hydrogens is 308 g/mol. The second-order valence-corrected chi connectivity index (χ2v) is 7.35. The number of hydrogen-bond donors (Lipinski definition) is 1. The molecule has 1 N–H and O–H groups in total. The summed E-state index contributed by atoms with van der Waals surface area (Å²) in [6.07, 6.45) is 1.09. The average Bonchev–Trinajstić information content (AvgIpc) is 2.93. The second-order valence-electron chi connectivity index (χ2n) is 4.24. The maximum absolute atomic E-state index is 11.5. The van der Waals surface area contributed by atoms with Gasteiger partial charge in [0.2, 0.25) is 0 Å². The van der Waals surface area contributed by atoms with E-state index in [2.05, 4.69) is 15.9 Å². The normalized spacial score (nSPS) is 27.8. The highest BCUT2D eigenvalue weighted by Gasteiger charge is 2.61. The first-order chi connectivity index (χ1) is 7.82. The van der Waals surface area contributed by atoms with Crippen molar-refractivity contribution in [3.8, 4) is 0 Å². The predicted molar refractivity (Wildman–Crippen MR) is 66.6 cm³/mol. The molecule has 0 amide bonds. The molecule has 1 aromatic rings. The fourth-order valence-electron chi connectivity index (χ4n) is 2.19. The molecular formula is C11H11BrO4S. The summed E-state index contributed by atoms with van der Waals surface area (Å²) in [5.74, 6) is -2.28. The lowest BCUT2D eigenvalue weighted by atomic mass is 10.1. The van der Waals surface area contributed by atoms with Crippen LogP contribution in [0.15, 0.2) is 28.7 Å². The van der Waals surface area contributed by atoms with Gasteiger partial charge in [0, 0.05) is 16.6 Å². The van der Waals surface area contributed by atoms with E-state index >= 15 is 0 Å². The van der Waals surface area contributed by atoms with E-state index in [1.807, 2.05) is 0 Å². The summed E-state index contributed by atoms with van der Waals surface area (Å²) in [5, 5.41) is 8.21. The maximum Gasteiger partial charge on any atom is 0.308 e. The molecule has 1 aliphatic carbocycles. The first kappa shape index (κ1) is 12.6. The van der Waals surface area contributed by atoms with Crippen LogP contribution in [0.3, 0.4) is 0 Å². The number of halogens is 1. The van der Waals surface area contributed by atoms with E-state index in [9.17, 15) is 13.2 Å². The molecule has 0 unspecified atom stereocenters. The molecule has 0 saturated heterocycles. The van der Waals surface area contributed by atoms with Gasteiger partial charge in [-0.25, -0.2) is 8.42 Å². The molecule has 0 heterocycles. The van der Waals surface area contributed by atoms with Gasteiger partial charge in [-0.15, -0.1) is 0 Å². The van der Waals surface area contributed by atoms with Crippen molar-refractivity contribution in [2.75, 3.05) is 6.26 Å². The van der Waals surface area contributed by atoms with Gasteiger partial charge in [-0.05, 0) is 17.7 Å². The van der Waals surface area contributed by atoms with E-state index in [1.54, 1.807) is 24.3 Å². The molecule has 0 aliphatic heterocycles. The molecule has 1 aliphatic rings. The van der Waals surface area contributed by atoms with E-state index in [-0.39, 0.29) is 0 Å². The molecule has 4 nitrogen and oxygen atoms in total. The Balaban J connectivity index is 2.34. The van der Waals surface area contributed by atoms with Gasteiger partial charge >= 0.3 is 5.97 Å². The van der Waals surface area contributed by atoms with Crippen LogP contribution in [0.5, 0.6) is 0 Å². The number of rotatable bonds is 3. The van der Waals surface area contributed by atoms with Gasteiger partial charge in [0.15, 0.2) is 9.84 Å². The van der Waals surface area contributed by atoms with Crippen LogP contribution in [0.2, 0.25) is 0 Å². The van der Waals surface area contributed by atoms with Crippen LogP contribution in [-0.4, -0.2) is 31.0 Å². The molecule has 0 spiro atoms. The summed E-state index contributed by atoms with van der Waals surface area (Å²) in [6.45, 7) is 0. The van der Waals surface area contributed by atoms with Crippen molar-refractivity contribution in [3.63, 3.8) is 0 Å². The molecule has 3 atom stereocenters. The molecule has 0 bridgehead atoms. The third-order valence-electron chi connectivity index (χ3n) is 2.99. The maximum atomic E-state index is 11.5. The van der Waals surface area contributed by atoms with Crippen LogP contribution >= 0.6 is 15.9 Å². The molecule has 6 heteroatoms. The summed E-state index contributed by atoms with van der Waals surface area (Å²) in [4.78, 5) is 11.0. The third kappa shape index (κ3) is 2.37. The Hall–Kier alpha value is -0.880. The van der Waals surface area contributed by atoms with Gasteiger partial charge in [0.25, 0.3) is 0 Å². The van der Waals surface area contributed by atoms with Crippen LogP contribution in [0.1, 0.15) is 11.5 Å². The Morgan fingerprint density at radius 3 is 2.18 bits per heavy atom. The molecule has 1 saturated carbocycles. The van der Waals surface area contributed by atoms with Gasteiger partial charge in [-0.3, -0.25) is 4.79 Å². The quantitative estimate of drug-likeness (QED) is 0.920. The van der Waals surface area contributed by atoms with Crippen LogP contribution in [0, 0.1) is 5.92 Å². The number of benzene rings is 1. The fourth-order valence-corrected chi connectivity index (χ4v) is 4.04. The molecule has 1 aromatic carbocycles. The average molecular weight is 319 g/mol. The molecule has 1 fully saturated rings. The summed E-state index contributed by atoms with van der Waals surface area (Å²) < 4.78 is 23.9. The summed E-state index contributed by atoms with van der Waals surface area (Å²) in [6, 6.07) is 7.09. The number of sulfone groups is 1. The minimum absolute atomic E-state index is 0.421. The second kappa shape index (κ2) is 4.10. The molecule has 17 heavy (non-hydrogen) atoms. The van der Waals surface area contributed by atoms with Crippen molar-refractivity contribution < 1.29 is 18.3 Å². The Morgan fingerprint density at radius 2 is 1.82 bits per heavy atom. The van der Waals surface area contributed by atoms with Crippen LogP contribution < -0.4 is 0 Å². The van der Waals surface area contributed by atoms with E-state index in [1.165, 1.54) is 0 Å². The minimum Gasteiger partial charge on any atom is -0.481 e. The summed E-state index contributed by atoms with van der Waals surface area (Å²) in [7, 11) is -3.32. The zero-order valence-corrected chi connectivity index (χ0v) is 11.4. The number of carboxylic acids is 1. The largest absolute Gasteiger partial charge is 0.481 e. The molecule has 2 rings (SSSR count). The lowest BCUT2D eigenvalue weighted by Crippen LogP contribution is -2.10. The van der Waals surface area contributed by atoms with Crippen LogP contribution in [-0.2, 0) is 14.6 Å². The van der Waals surface area contributed by atoms with E-state index < -0.39 is 32.9 Å². The first-order valence-electron chi connectivity index (χ1n) is 4.99. The monoisotopic (exact) mass is 318 g/mol. The Kier molecular flexibility index (Phi) is 3.03. The first-order valence-corrected chi connectivity index (χ1v) is 7.74. The van der Waals surface area contributed by atoms with Gasteiger partial charge in [0.05, 0.1) is 11.2 Å². The standard InChI is InChI=1S/C11H11BrO4S/c1-17(15,16)10-8(9(10)11(13)14)6-2-4-7(12)5-3-6/h2-5,8-10H,1H3,(H,13,14)/t8-,9+,10+/m0/s1. The Morgan fingerprint density at radius 1 is 1.29 bits per heavy atom. The number of aliphatic carboxylic acids is 1. The van der Waals surface area contributed by atoms with Gasteiger partial charge in [0.1, 0.15) is 0 Å². The van der Waals surface area contributed by atoms with Crippen molar-refractivity contribution in [1.29, 1.82) is 0 Å². The Labute approximate surface area is 108 Å². The highest BCUT2D eigenvalue weighted by atomic mass is 79.9. The summed E-state index contributed by atoms with van der Waals surface area (Å²) in [5.41, 5.74) is 0.760. The van der Waals surface area contributed by atoms with Gasteiger partial charge in [-0.1, -0.05) is 28.1 Å². The topological polar surface area (TPSA) is 71.4 Å². The van der Waals surface area contributed by atoms with Crippen molar-refractivity contribution in [3.05, 3.63) is 34.3 Å². The van der Waals surface area contributed by atoms with Gasteiger partial charge in [-0.2, -0.15) is 0 Å². The SMILES string of the molecule is CS(=O)(=O)[C@H]1[C@H](C(=O)O)[C@@H]1c1ccc(Br)cc1. The van der Waals surface area contributed by atoms with Crippen molar-refractivity contribution in [1.82, 2.24) is 0 Å². The number of carbonyl (C=O) groups is 1. The van der Waals surface area contributed by atoms with Crippen molar-refractivity contribution >= 4 is 31.7 Å². The highest BCUT2D eigenvalue weighted by Crippen LogP contribution is 2.52. The van der Waals surface area contributed by atoms with Crippen LogP contribution in [0.25, 0.3) is 0 Å². The number of carboxylic acid groups (broad SMARTS) is 1. The fraction of sp³-hybridized carbons (Fsp3) is 0.364.